The lowest BCUT2D eigenvalue weighted by Gasteiger charge is -2.12. The van der Waals surface area contributed by atoms with Gasteiger partial charge in [0.05, 0.1) is 5.56 Å². The average Bonchev–Trinajstić information content (AvgIpc) is 2.41. The quantitative estimate of drug-likeness (QED) is 0.846. The van der Waals surface area contributed by atoms with Crippen LogP contribution in [-0.2, 0) is 6.42 Å². The van der Waals surface area contributed by atoms with Gasteiger partial charge in [0.1, 0.15) is 5.82 Å². The lowest BCUT2D eigenvalue weighted by Crippen LogP contribution is -2.10. The van der Waals surface area contributed by atoms with Crippen LogP contribution in [0.2, 0.25) is 0 Å². The van der Waals surface area contributed by atoms with Crippen LogP contribution in [0.25, 0.3) is 0 Å². The number of benzene rings is 2. The van der Waals surface area contributed by atoms with Gasteiger partial charge < -0.3 is 10.4 Å². The van der Waals surface area contributed by atoms with Gasteiger partial charge in [-0.05, 0) is 64.7 Å². The van der Waals surface area contributed by atoms with Crippen LogP contribution < -0.4 is 5.32 Å². The van der Waals surface area contributed by atoms with E-state index in [0.29, 0.717) is 23.1 Å². The number of halogens is 2. The van der Waals surface area contributed by atoms with Crippen molar-refractivity contribution in [3.63, 3.8) is 0 Å². The van der Waals surface area contributed by atoms with E-state index in [0.717, 1.165) is 11.1 Å². The second-order valence-electron chi connectivity index (χ2n) is 4.72. The second kappa shape index (κ2) is 6.72. The molecule has 0 spiro atoms. The highest BCUT2D eigenvalue weighted by molar-refractivity contribution is 9.10. The third-order valence-corrected chi connectivity index (χ3v) is 3.90. The minimum absolute atomic E-state index is 0.216. The van der Waals surface area contributed by atoms with E-state index < -0.39 is 5.97 Å². The predicted octanol–water partition coefficient (Wildman–Crippen LogP) is 4.25. The fourth-order valence-electron chi connectivity index (χ4n) is 2.16. The summed E-state index contributed by atoms with van der Waals surface area (Å²) in [7, 11) is 0. The van der Waals surface area contributed by atoms with Crippen LogP contribution >= 0.6 is 15.9 Å². The lowest BCUT2D eigenvalue weighted by molar-refractivity contribution is 0.0697. The maximum Gasteiger partial charge on any atom is 0.338 e. The summed E-state index contributed by atoms with van der Waals surface area (Å²) >= 11 is 3.24. The second-order valence-corrected chi connectivity index (χ2v) is 5.57. The van der Waals surface area contributed by atoms with Crippen molar-refractivity contribution < 1.29 is 14.3 Å². The Balaban J connectivity index is 2.07. The van der Waals surface area contributed by atoms with E-state index >= 15 is 0 Å². The summed E-state index contributed by atoms with van der Waals surface area (Å²) in [6.07, 6.45) is 0.692. The molecule has 0 aromatic heterocycles. The number of hydrogen-bond donors (Lipinski definition) is 2. The van der Waals surface area contributed by atoms with E-state index in [-0.39, 0.29) is 11.4 Å². The number of anilines is 1. The normalized spacial score (nSPS) is 10.4. The van der Waals surface area contributed by atoms with Crippen molar-refractivity contribution in [3.8, 4) is 0 Å². The van der Waals surface area contributed by atoms with E-state index in [2.05, 4.69) is 21.2 Å². The summed E-state index contributed by atoms with van der Waals surface area (Å²) in [5.41, 5.74) is 2.71. The topological polar surface area (TPSA) is 49.3 Å². The lowest BCUT2D eigenvalue weighted by atomic mass is 10.1. The van der Waals surface area contributed by atoms with Crippen molar-refractivity contribution in [2.75, 3.05) is 11.9 Å². The molecule has 5 heteroatoms. The molecule has 0 aliphatic heterocycles. The molecule has 21 heavy (non-hydrogen) atoms. The van der Waals surface area contributed by atoms with Crippen molar-refractivity contribution in [2.24, 2.45) is 0 Å². The summed E-state index contributed by atoms with van der Waals surface area (Å²) in [4.78, 5) is 11.3. The predicted molar refractivity (Wildman–Crippen MR) is 84.4 cm³/mol. The molecular formula is C16H15BrFNO2. The number of aryl methyl sites for hydroxylation is 1. The smallest absolute Gasteiger partial charge is 0.338 e. The molecule has 0 radical (unpaired) electrons. The van der Waals surface area contributed by atoms with Gasteiger partial charge in [-0.15, -0.1) is 0 Å². The van der Waals surface area contributed by atoms with Gasteiger partial charge in [-0.3, -0.25) is 0 Å². The molecule has 0 aliphatic carbocycles. The first-order valence-electron chi connectivity index (χ1n) is 6.49. The first-order chi connectivity index (χ1) is 9.99. The van der Waals surface area contributed by atoms with Gasteiger partial charge in [0, 0.05) is 16.7 Å². The van der Waals surface area contributed by atoms with Crippen LogP contribution in [-0.4, -0.2) is 17.6 Å². The SMILES string of the molecule is Cc1cc(F)ccc1CCNc1cccc(Br)c1C(=O)O. The molecule has 0 heterocycles. The number of carboxylic acid groups (broad SMARTS) is 1. The summed E-state index contributed by atoms with van der Waals surface area (Å²) in [5.74, 6) is -1.23. The molecular weight excluding hydrogens is 337 g/mol. The van der Waals surface area contributed by atoms with Gasteiger partial charge in [-0.1, -0.05) is 12.1 Å². The minimum Gasteiger partial charge on any atom is -0.478 e. The van der Waals surface area contributed by atoms with Crippen LogP contribution in [0.3, 0.4) is 0 Å². The highest BCUT2D eigenvalue weighted by Crippen LogP contribution is 2.24. The number of hydrogen-bond acceptors (Lipinski definition) is 2. The van der Waals surface area contributed by atoms with Gasteiger partial charge in [0.15, 0.2) is 0 Å². The molecule has 2 aromatic carbocycles. The highest BCUT2D eigenvalue weighted by atomic mass is 79.9. The third kappa shape index (κ3) is 3.82. The Kier molecular flexibility index (Phi) is 4.96. The zero-order valence-electron chi connectivity index (χ0n) is 11.5. The number of aromatic carboxylic acids is 1. The Morgan fingerprint density at radius 2 is 2.10 bits per heavy atom. The Morgan fingerprint density at radius 1 is 1.33 bits per heavy atom. The van der Waals surface area contributed by atoms with Gasteiger partial charge in [-0.2, -0.15) is 0 Å². The van der Waals surface area contributed by atoms with E-state index in [4.69, 9.17) is 0 Å². The van der Waals surface area contributed by atoms with Crippen molar-refractivity contribution in [1.29, 1.82) is 0 Å². The molecule has 2 rings (SSSR count). The van der Waals surface area contributed by atoms with Crippen molar-refractivity contribution >= 4 is 27.6 Å². The number of carboxylic acids is 1. The zero-order valence-corrected chi connectivity index (χ0v) is 13.1. The fourth-order valence-corrected chi connectivity index (χ4v) is 2.70. The van der Waals surface area contributed by atoms with Crippen LogP contribution in [0.4, 0.5) is 10.1 Å². The molecule has 0 bridgehead atoms. The average molecular weight is 352 g/mol. The zero-order chi connectivity index (χ0) is 15.4. The minimum atomic E-state index is -0.983. The number of rotatable bonds is 5. The maximum absolute atomic E-state index is 13.0. The summed E-state index contributed by atoms with van der Waals surface area (Å²) in [6, 6.07) is 9.89. The Labute approximate surface area is 130 Å². The molecule has 0 saturated carbocycles. The summed E-state index contributed by atoms with van der Waals surface area (Å²) in [5, 5.41) is 12.3. The van der Waals surface area contributed by atoms with Crippen molar-refractivity contribution in [1.82, 2.24) is 0 Å². The maximum atomic E-state index is 13.0. The van der Waals surface area contributed by atoms with Gasteiger partial charge in [-0.25, -0.2) is 9.18 Å². The summed E-state index contributed by atoms with van der Waals surface area (Å²) < 4.78 is 13.6. The van der Waals surface area contributed by atoms with Crippen LogP contribution in [0, 0.1) is 12.7 Å². The largest absolute Gasteiger partial charge is 0.478 e. The monoisotopic (exact) mass is 351 g/mol. The number of nitrogens with one attached hydrogen (secondary N) is 1. The fraction of sp³-hybridized carbons (Fsp3) is 0.188. The summed E-state index contributed by atoms with van der Waals surface area (Å²) in [6.45, 7) is 2.43. The Morgan fingerprint density at radius 3 is 2.76 bits per heavy atom. The first kappa shape index (κ1) is 15.5. The molecule has 0 fully saturated rings. The standard InChI is InChI=1S/C16H15BrFNO2/c1-10-9-12(18)6-5-11(10)7-8-19-14-4-2-3-13(17)15(14)16(20)21/h2-6,9,19H,7-8H2,1H3,(H,20,21). The van der Waals surface area contributed by atoms with Crippen LogP contribution in [0.5, 0.6) is 0 Å². The molecule has 3 nitrogen and oxygen atoms in total. The first-order valence-corrected chi connectivity index (χ1v) is 7.29. The molecule has 0 saturated heterocycles. The Hall–Kier alpha value is -1.88. The molecule has 0 aliphatic rings. The van der Waals surface area contributed by atoms with Crippen molar-refractivity contribution in [2.45, 2.75) is 13.3 Å². The molecule has 2 N–H and O–H groups in total. The molecule has 2 aromatic rings. The highest BCUT2D eigenvalue weighted by Gasteiger charge is 2.13. The Bertz CT molecular complexity index is 673. The van der Waals surface area contributed by atoms with Crippen LogP contribution in [0.15, 0.2) is 40.9 Å². The van der Waals surface area contributed by atoms with E-state index in [1.165, 1.54) is 12.1 Å². The van der Waals surface area contributed by atoms with Gasteiger partial charge >= 0.3 is 5.97 Å². The van der Waals surface area contributed by atoms with E-state index in [1.807, 2.05) is 6.92 Å². The number of carbonyl (C=O) groups is 1. The van der Waals surface area contributed by atoms with E-state index in [1.54, 1.807) is 24.3 Å². The third-order valence-electron chi connectivity index (χ3n) is 3.24. The molecule has 0 amide bonds. The van der Waals surface area contributed by atoms with Crippen LogP contribution in [0.1, 0.15) is 21.5 Å². The molecule has 110 valence electrons. The molecule has 0 unspecified atom stereocenters. The van der Waals surface area contributed by atoms with E-state index in [9.17, 15) is 14.3 Å². The van der Waals surface area contributed by atoms with Crippen molar-refractivity contribution in [3.05, 3.63) is 63.4 Å². The van der Waals surface area contributed by atoms with Gasteiger partial charge in [0.2, 0.25) is 0 Å². The van der Waals surface area contributed by atoms with Gasteiger partial charge in [0.25, 0.3) is 0 Å². The molecule has 0 atom stereocenters.